The molecular weight excluding hydrogens is 250 g/mol. The molecule has 2 rings (SSSR count). The van der Waals surface area contributed by atoms with Crippen molar-refractivity contribution in [1.29, 1.82) is 0 Å². The van der Waals surface area contributed by atoms with E-state index >= 15 is 0 Å². The molecular formula is C16H21N3O. The standard InChI is InChI=1S/C16H21N3O/c1-10-5-6-14(20-4)13(8-10)16(19-17)15-12(3)7-11(2)9-18-15/h5-9,16,19H,17H2,1-4H3. The summed E-state index contributed by atoms with van der Waals surface area (Å²) < 4.78 is 5.44. The van der Waals surface area contributed by atoms with E-state index in [9.17, 15) is 0 Å². The molecule has 0 saturated heterocycles. The van der Waals surface area contributed by atoms with E-state index in [0.29, 0.717) is 0 Å². The predicted octanol–water partition coefficient (Wildman–Crippen LogP) is 2.57. The summed E-state index contributed by atoms with van der Waals surface area (Å²) in [4.78, 5) is 4.53. The van der Waals surface area contributed by atoms with Gasteiger partial charge in [-0.25, -0.2) is 5.43 Å². The van der Waals surface area contributed by atoms with Gasteiger partial charge in [0, 0.05) is 11.8 Å². The largest absolute Gasteiger partial charge is 0.496 e. The molecule has 0 saturated carbocycles. The number of methoxy groups -OCH3 is 1. The molecule has 0 radical (unpaired) electrons. The molecule has 2 aromatic rings. The number of hydrogen-bond donors (Lipinski definition) is 2. The van der Waals surface area contributed by atoms with Crippen LogP contribution in [0.5, 0.6) is 5.75 Å². The Labute approximate surface area is 120 Å². The molecule has 1 aromatic carbocycles. The average Bonchev–Trinajstić information content (AvgIpc) is 2.42. The van der Waals surface area contributed by atoms with Crippen molar-refractivity contribution in [2.75, 3.05) is 7.11 Å². The second kappa shape index (κ2) is 6.03. The maximum absolute atomic E-state index is 5.77. The van der Waals surface area contributed by atoms with Crippen LogP contribution >= 0.6 is 0 Å². The van der Waals surface area contributed by atoms with Crippen molar-refractivity contribution in [3.63, 3.8) is 0 Å². The Morgan fingerprint density at radius 2 is 1.90 bits per heavy atom. The quantitative estimate of drug-likeness (QED) is 0.663. The molecule has 106 valence electrons. The first kappa shape index (κ1) is 14.5. The average molecular weight is 271 g/mol. The van der Waals surface area contributed by atoms with Crippen molar-refractivity contribution in [3.05, 3.63) is 58.4 Å². The van der Waals surface area contributed by atoms with Crippen LogP contribution in [0.3, 0.4) is 0 Å². The zero-order valence-electron chi connectivity index (χ0n) is 12.4. The first-order chi connectivity index (χ1) is 9.56. The lowest BCUT2D eigenvalue weighted by molar-refractivity contribution is 0.403. The third-order valence-corrected chi connectivity index (χ3v) is 3.39. The summed E-state index contributed by atoms with van der Waals surface area (Å²) in [6.45, 7) is 6.12. The maximum Gasteiger partial charge on any atom is 0.124 e. The number of nitrogens with zero attached hydrogens (tertiary/aromatic N) is 1. The normalized spacial score (nSPS) is 12.2. The van der Waals surface area contributed by atoms with E-state index in [0.717, 1.165) is 33.7 Å². The molecule has 1 atom stereocenters. The molecule has 4 heteroatoms. The van der Waals surface area contributed by atoms with Crippen molar-refractivity contribution in [2.24, 2.45) is 5.84 Å². The van der Waals surface area contributed by atoms with Gasteiger partial charge in [-0.3, -0.25) is 10.8 Å². The summed E-state index contributed by atoms with van der Waals surface area (Å²) in [5.74, 6) is 6.58. The fourth-order valence-electron chi connectivity index (χ4n) is 2.42. The van der Waals surface area contributed by atoms with Gasteiger partial charge in [0.25, 0.3) is 0 Å². The lowest BCUT2D eigenvalue weighted by Gasteiger charge is -2.21. The van der Waals surface area contributed by atoms with Crippen LogP contribution < -0.4 is 16.0 Å². The molecule has 0 aliphatic carbocycles. The summed E-state index contributed by atoms with van der Waals surface area (Å²) in [5, 5.41) is 0. The second-order valence-corrected chi connectivity index (χ2v) is 5.06. The highest BCUT2D eigenvalue weighted by molar-refractivity contribution is 5.44. The Hall–Kier alpha value is -1.91. The van der Waals surface area contributed by atoms with Gasteiger partial charge >= 0.3 is 0 Å². The zero-order chi connectivity index (χ0) is 14.7. The number of nitrogens with two attached hydrogens (primary N) is 1. The van der Waals surface area contributed by atoms with Gasteiger partial charge in [0.2, 0.25) is 0 Å². The molecule has 0 bridgehead atoms. The van der Waals surface area contributed by atoms with Gasteiger partial charge in [-0.05, 0) is 38.0 Å². The molecule has 0 spiro atoms. The molecule has 20 heavy (non-hydrogen) atoms. The van der Waals surface area contributed by atoms with Crippen LogP contribution in [0.2, 0.25) is 0 Å². The van der Waals surface area contributed by atoms with E-state index in [1.165, 1.54) is 0 Å². The maximum atomic E-state index is 5.77. The number of pyridine rings is 1. The number of hydrazine groups is 1. The first-order valence-corrected chi connectivity index (χ1v) is 6.60. The van der Waals surface area contributed by atoms with E-state index in [-0.39, 0.29) is 6.04 Å². The molecule has 0 amide bonds. The molecule has 3 N–H and O–H groups in total. The van der Waals surface area contributed by atoms with Crippen molar-refractivity contribution in [3.8, 4) is 5.75 Å². The van der Waals surface area contributed by atoms with Gasteiger partial charge < -0.3 is 4.74 Å². The molecule has 0 aliphatic rings. The third kappa shape index (κ3) is 2.81. The molecule has 1 aromatic heterocycles. The minimum absolute atomic E-state index is 0.189. The van der Waals surface area contributed by atoms with Crippen LogP contribution in [0.25, 0.3) is 0 Å². The van der Waals surface area contributed by atoms with E-state index in [1.807, 2.05) is 39.1 Å². The Kier molecular flexibility index (Phi) is 4.37. The summed E-state index contributed by atoms with van der Waals surface area (Å²) in [6, 6.07) is 7.97. The van der Waals surface area contributed by atoms with Crippen LogP contribution in [0.4, 0.5) is 0 Å². The molecule has 0 fully saturated rings. The summed E-state index contributed by atoms with van der Waals surface area (Å²) >= 11 is 0. The van der Waals surface area contributed by atoms with Gasteiger partial charge in [0.15, 0.2) is 0 Å². The highest BCUT2D eigenvalue weighted by atomic mass is 16.5. The van der Waals surface area contributed by atoms with Crippen molar-refractivity contribution in [2.45, 2.75) is 26.8 Å². The Morgan fingerprint density at radius 3 is 2.50 bits per heavy atom. The Bertz CT molecular complexity index is 611. The van der Waals surface area contributed by atoms with Gasteiger partial charge in [0.05, 0.1) is 18.8 Å². The highest BCUT2D eigenvalue weighted by Crippen LogP contribution is 2.31. The zero-order valence-corrected chi connectivity index (χ0v) is 12.4. The molecule has 4 nitrogen and oxygen atoms in total. The van der Waals surface area contributed by atoms with Gasteiger partial charge in [-0.15, -0.1) is 0 Å². The van der Waals surface area contributed by atoms with E-state index in [1.54, 1.807) is 7.11 Å². The molecule has 1 heterocycles. The number of aryl methyl sites for hydroxylation is 3. The van der Waals surface area contributed by atoms with E-state index in [2.05, 4.69) is 22.5 Å². The number of ether oxygens (including phenoxy) is 1. The minimum Gasteiger partial charge on any atom is -0.496 e. The van der Waals surface area contributed by atoms with Gasteiger partial charge in [-0.1, -0.05) is 23.8 Å². The van der Waals surface area contributed by atoms with E-state index < -0.39 is 0 Å². The fourth-order valence-corrected chi connectivity index (χ4v) is 2.42. The fraction of sp³-hybridized carbons (Fsp3) is 0.312. The van der Waals surface area contributed by atoms with Crippen LogP contribution in [0.15, 0.2) is 30.5 Å². The molecule has 1 unspecified atom stereocenters. The number of nitrogens with one attached hydrogen (secondary N) is 1. The van der Waals surface area contributed by atoms with Crippen LogP contribution in [-0.4, -0.2) is 12.1 Å². The lowest BCUT2D eigenvalue weighted by Crippen LogP contribution is -2.30. The topological polar surface area (TPSA) is 60.2 Å². The second-order valence-electron chi connectivity index (χ2n) is 5.06. The van der Waals surface area contributed by atoms with Gasteiger partial charge in [-0.2, -0.15) is 0 Å². The third-order valence-electron chi connectivity index (χ3n) is 3.39. The Morgan fingerprint density at radius 1 is 1.15 bits per heavy atom. The number of aromatic nitrogens is 1. The number of benzene rings is 1. The van der Waals surface area contributed by atoms with Crippen LogP contribution in [0, 0.1) is 20.8 Å². The van der Waals surface area contributed by atoms with Crippen molar-refractivity contribution in [1.82, 2.24) is 10.4 Å². The summed E-state index contributed by atoms with van der Waals surface area (Å²) in [5.41, 5.74) is 8.17. The summed E-state index contributed by atoms with van der Waals surface area (Å²) in [7, 11) is 1.66. The SMILES string of the molecule is COc1ccc(C)cc1C(NN)c1ncc(C)cc1C. The van der Waals surface area contributed by atoms with Crippen LogP contribution in [-0.2, 0) is 0 Å². The van der Waals surface area contributed by atoms with Crippen LogP contribution in [0.1, 0.15) is 34.0 Å². The Balaban J connectivity index is 2.54. The van der Waals surface area contributed by atoms with Crippen molar-refractivity contribution < 1.29 is 4.74 Å². The smallest absolute Gasteiger partial charge is 0.124 e. The van der Waals surface area contributed by atoms with Gasteiger partial charge in [0.1, 0.15) is 5.75 Å². The van der Waals surface area contributed by atoms with Crippen molar-refractivity contribution >= 4 is 0 Å². The summed E-state index contributed by atoms with van der Waals surface area (Å²) in [6.07, 6.45) is 1.86. The first-order valence-electron chi connectivity index (χ1n) is 6.60. The minimum atomic E-state index is -0.189. The monoisotopic (exact) mass is 271 g/mol. The lowest BCUT2D eigenvalue weighted by atomic mass is 9.97. The number of rotatable bonds is 4. The number of hydrogen-bond acceptors (Lipinski definition) is 4. The predicted molar refractivity (Wildman–Crippen MR) is 80.6 cm³/mol. The molecule has 0 aliphatic heterocycles. The highest BCUT2D eigenvalue weighted by Gasteiger charge is 2.20. The van der Waals surface area contributed by atoms with E-state index in [4.69, 9.17) is 10.6 Å².